The van der Waals surface area contributed by atoms with E-state index in [9.17, 15) is 0 Å². The van der Waals surface area contributed by atoms with Gasteiger partial charge in [0, 0.05) is 28.9 Å². The van der Waals surface area contributed by atoms with Crippen molar-refractivity contribution in [2.75, 3.05) is 0 Å². The van der Waals surface area contributed by atoms with Gasteiger partial charge >= 0.3 is 0 Å². The van der Waals surface area contributed by atoms with E-state index in [1.54, 1.807) is 11.3 Å². The third-order valence-electron chi connectivity index (χ3n) is 2.85. The summed E-state index contributed by atoms with van der Waals surface area (Å²) in [6, 6.07) is 8.48. The van der Waals surface area contributed by atoms with Crippen LogP contribution in [-0.2, 0) is 13.0 Å². The van der Waals surface area contributed by atoms with Gasteiger partial charge in [-0.3, -0.25) is 0 Å². The van der Waals surface area contributed by atoms with Gasteiger partial charge in [-0.15, -0.1) is 11.3 Å². The summed E-state index contributed by atoms with van der Waals surface area (Å²) in [7, 11) is 0. The number of hydrogen-bond donors (Lipinski definition) is 1. The molecular formula is C15H19ClN2S. The van der Waals surface area contributed by atoms with Crippen LogP contribution in [0.4, 0.5) is 0 Å². The van der Waals surface area contributed by atoms with Crippen LogP contribution in [0.1, 0.15) is 35.0 Å². The Balaban J connectivity index is 2.07. The van der Waals surface area contributed by atoms with Gasteiger partial charge in [-0.1, -0.05) is 37.6 Å². The van der Waals surface area contributed by atoms with Gasteiger partial charge in [0.05, 0.1) is 10.7 Å². The van der Waals surface area contributed by atoms with Crippen LogP contribution in [0.5, 0.6) is 0 Å². The zero-order chi connectivity index (χ0) is 13.8. The maximum Gasteiger partial charge on any atom is 0.0975 e. The van der Waals surface area contributed by atoms with E-state index in [0.29, 0.717) is 6.04 Å². The van der Waals surface area contributed by atoms with E-state index in [-0.39, 0.29) is 0 Å². The standard InChI is InChI=1S/C15H19ClN2S/c1-10(2)17-9-14-11(3)18-15(19-14)8-12-5-4-6-13(16)7-12/h4-7,10,17H,8-9H2,1-3H3. The second-order valence-corrected chi connectivity index (χ2v) is 6.56. The van der Waals surface area contributed by atoms with Gasteiger partial charge in [-0.2, -0.15) is 0 Å². The zero-order valence-electron chi connectivity index (χ0n) is 11.5. The lowest BCUT2D eigenvalue weighted by atomic mass is 10.2. The molecule has 0 unspecified atom stereocenters. The highest BCUT2D eigenvalue weighted by molar-refractivity contribution is 7.11. The van der Waals surface area contributed by atoms with Crippen molar-refractivity contribution >= 4 is 22.9 Å². The monoisotopic (exact) mass is 294 g/mol. The second-order valence-electron chi connectivity index (χ2n) is 4.96. The lowest BCUT2D eigenvalue weighted by molar-refractivity contribution is 0.591. The molecule has 4 heteroatoms. The minimum Gasteiger partial charge on any atom is -0.310 e. The number of thiazole rings is 1. The summed E-state index contributed by atoms with van der Waals surface area (Å²) in [5.41, 5.74) is 2.35. The molecule has 0 saturated carbocycles. The smallest absolute Gasteiger partial charge is 0.0975 e. The highest BCUT2D eigenvalue weighted by atomic mass is 35.5. The summed E-state index contributed by atoms with van der Waals surface area (Å²) in [5, 5.41) is 5.38. The Labute approximate surface area is 123 Å². The van der Waals surface area contributed by atoms with E-state index in [1.807, 2.05) is 18.2 Å². The SMILES string of the molecule is Cc1nc(Cc2cccc(Cl)c2)sc1CNC(C)C. The number of hydrogen-bond acceptors (Lipinski definition) is 3. The lowest BCUT2D eigenvalue weighted by Gasteiger charge is -2.05. The Morgan fingerprint density at radius 2 is 2.16 bits per heavy atom. The number of nitrogens with zero attached hydrogens (tertiary/aromatic N) is 1. The molecule has 0 aliphatic rings. The first-order chi connectivity index (χ1) is 9.04. The molecule has 1 heterocycles. The van der Waals surface area contributed by atoms with Crippen molar-refractivity contribution in [1.29, 1.82) is 0 Å². The molecule has 0 fully saturated rings. The van der Waals surface area contributed by atoms with Crippen molar-refractivity contribution in [2.45, 2.75) is 39.8 Å². The Kier molecular flexibility index (Phi) is 4.97. The minimum absolute atomic E-state index is 0.498. The van der Waals surface area contributed by atoms with E-state index >= 15 is 0 Å². The molecule has 102 valence electrons. The van der Waals surface area contributed by atoms with Crippen LogP contribution in [0, 0.1) is 6.92 Å². The quantitative estimate of drug-likeness (QED) is 0.894. The highest BCUT2D eigenvalue weighted by Gasteiger charge is 2.08. The molecular weight excluding hydrogens is 276 g/mol. The molecule has 2 rings (SSSR count). The van der Waals surface area contributed by atoms with Crippen molar-refractivity contribution in [3.8, 4) is 0 Å². The fourth-order valence-corrected chi connectivity index (χ4v) is 3.11. The van der Waals surface area contributed by atoms with E-state index in [1.165, 1.54) is 10.4 Å². The van der Waals surface area contributed by atoms with E-state index in [2.05, 4.69) is 37.1 Å². The van der Waals surface area contributed by atoms with Gasteiger partial charge in [0.15, 0.2) is 0 Å². The third kappa shape index (κ3) is 4.30. The van der Waals surface area contributed by atoms with Crippen LogP contribution in [-0.4, -0.2) is 11.0 Å². The number of aromatic nitrogens is 1. The molecule has 0 amide bonds. The van der Waals surface area contributed by atoms with Gasteiger partial charge in [-0.05, 0) is 24.6 Å². The van der Waals surface area contributed by atoms with Crippen LogP contribution in [0.2, 0.25) is 5.02 Å². The van der Waals surface area contributed by atoms with Gasteiger partial charge in [0.2, 0.25) is 0 Å². The molecule has 0 spiro atoms. The number of nitrogens with one attached hydrogen (secondary N) is 1. The van der Waals surface area contributed by atoms with E-state index < -0.39 is 0 Å². The molecule has 19 heavy (non-hydrogen) atoms. The van der Waals surface area contributed by atoms with Gasteiger partial charge in [-0.25, -0.2) is 4.98 Å². The van der Waals surface area contributed by atoms with Crippen LogP contribution in [0.3, 0.4) is 0 Å². The second kappa shape index (κ2) is 6.51. The molecule has 0 atom stereocenters. The van der Waals surface area contributed by atoms with Crippen molar-refractivity contribution in [1.82, 2.24) is 10.3 Å². The number of rotatable bonds is 5. The molecule has 2 aromatic rings. The summed E-state index contributed by atoms with van der Waals surface area (Å²) in [4.78, 5) is 5.97. The summed E-state index contributed by atoms with van der Waals surface area (Å²) in [6.07, 6.45) is 0.855. The fraction of sp³-hybridized carbons (Fsp3) is 0.400. The fourth-order valence-electron chi connectivity index (χ4n) is 1.85. The van der Waals surface area contributed by atoms with Gasteiger partial charge in [0.1, 0.15) is 0 Å². The normalized spacial score (nSPS) is 11.2. The molecule has 0 radical (unpaired) electrons. The molecule has 1 aromatic heterocycles. The van der Waals surface area contributed by atoms with Crippen LogP contribution >= 0.6 is 22.9 Å². The Hall–Kier alpha value is -0.900. The summed E-state index contributed by atoms with van der Waals surface area (Å²) >= 11 is 7.79. The topological polar surface area (TPSA) is 24.9 Å². The van der Waals surface area contributed by atoms with E-state index in [0.717, 1.165) is 28.7 Å². The van der Waals surface area contributed by atoms with Crippen molar-refractivity contribution in [3.63, 3.8) is 0 Å². The lowest BCUT2D eigenvalue weighted by Crippen LogP contribution is -2.21. The van der Waals surface area contributed by atoms with Crippen molar-refractivity contribution in [3.05, 3.63) is 50.4 Å². The first kappa shape index (κ1) is 14.5. The maximum atomic E-state index is 6.01. The summed E-state index contributed by atoms with van der Waals surface area (Å²) in [5.74, 6) is 0. The zero-order valence-corrected chi connectivity index (χ0v) is 13.1. The van der Waals surface area contributed by atoms with Crippen LogP contribution in [0.25, 0.3) is 0 Å². The average Bonchev–Trinajstić information content (AvgIpc) is 2.67. The molecule has 0 aliphatic carbocycles. The predicted octanol–water partition coefficient (Wildman–Crippen LogP) is 4.19. The number of aryl methyl sites for hydroxylation is 1. The molecule has 0 aliphatic heterocycles. The largest absolute Gasteiger partial charge is 0.310 e. The van der Waals surface area contributed by atoms with Crippen molar-refractivity contribution < 1.29 is 0 Å². The van der Waals surface area contributed by atoms with Gasteiger partial charge in [0.25, 0.3) is 0 Å². The average molecular weight is 295 g/mol. The first-order valence-corrected chi connectivity index (χ1v) is 7.67. The predicted molar refractivity (Wildman–Crippen MR) is 83.1 cm³/mol. The Morgan fingerprint density at radius 1 is 1.37 bits per heavy atom. The van der Waals surface area contributed by atoms with Gasteiger partial charge < -0.3 is 5.32 Å². The Bertz CT molecular complexity index is 549. The van der Waals surface area contributed by atoms with Crippen LogP contribution in [0.15, 0.2) is 24.3 Å². The van der Waals surface area contributed by atoms with Crippen molar-refractivity contribution in [2.24, 2.45) is 0 Å². The third-order valence-corrected chi connectivity index (χ3v) is 4.24. The van der Waals surface area contributed by atoms with E-state index in [4.69, 9.17) is 11.6 Å². The number of benzene rings is 1. The summed E-state index contributed by atoms with van der Waals surface area (Å²) < 4.78 is 0. The summed E-state index contributed by atoms with van der Waals surface area (Å²) in [6.45, 7) is 7.29. The molecule has 1 aromatic carbocycles. The first-order valence-electron chi connectivity index (χ1n) is 6.47. The highest BCUT2D eigenvalue weighted by Crippen LogP contribution is 2.22. The van der Waals surface area contributed by atoms with Crippen LogP contribution < -0.4 is 5.32 Å². The molecule has 1 N–H and O–H groups in total. The molecule has 0 saturated heterocycles. The minimum atomic E-state index is 0.498. The molecule has 0 bridgehead atoms. The molecule has 2 nitrogen and oxygen atoms in total. The maximum absolute atomic E-state index is 6.01. The Morgan fingerprint density at radius 3 is 2.84 bits per heavy atom. The number of halogens is 1.